The summed E-state index contributed by atoms with van der Waals surface area (Å²) in [6.07, 6.45) is 0. The molecule has 0 aliphatic carbocycles. The van der Waals surface area contributed by atoms with Crippen molar-refractivity contribution in [2.24, 2.45) is 0 Å². The molecule has 0 fully saturated rings. The van der Waals surface area contributed by atoms with E-state index in [-0.39, 0.29) is 28.7 Å². The number of ether oxygens (including phenoxy) is 1. The van der Waals surface area contributed by atoms with Crippen molar-refractivity contribution in [1.29, 1.82) is 0 Å². The summed E-state index contributed by atoms with van der Waals surface area (Å²) in [6.45, 7) is -0.0421. The molecule has 14 heteroatoms. The van der Waals surface area contributed by atoms with Crippen molar-refractivity contribution in [3.8, 4) is 11.4 Å². The quantitative estimate of drug-likeness (QED) is 0.251. The molecule has 41 heavy (non-hydrogen) atoms. The zero-order valence-corrected chi connectivity index (χ0v) is 24.0. The molecule has 0 saturated carbocycles. The van der Waals surface area contributed by atoms with Crippen LogP contribution in [-0.2, 0) is 21.4 Å². The van der Waals surface area contributed by atoms with Crippen LogP contribution in [0.25, 0.3) is 5.69 Å². The minimum atomic E-state index is -3.63. The van der Waals surface area contributed by atoms with Gasteiger partial charge in [-0.3, -0.25) is 14.2 Å². The van der Waals surface area contributed by atoms with E-state index in [1.165, 1.54) is 62.6 Å². The summed E-state index contributed by atoms with van der Waals surface area (Å²) in [5.41, 5.74) is 1.39. The molecule has 4 aromatic rings. The van der Waals surface area contributed by atoms with Gasteiger partial charge in [-0.05, 0) is 72.8 Å². The van der Waals surface area contributed by atoms with Crippen molar-refractivity contribution in [2.45, 2.75) is 16.6 Å². The van der Waals surface area contributed by atoms with Gasteiger partial charge in [-0.15, -0.1) is 10.2 Å². The standard InChI is InChI=1S/C27H27FN6O5S2/c1-33(2)41(37,38)23-14-4-18(5-15-23)26(36)29-16-24-31-32-27(34(24)21-10-6-19(28)7-11-21)40-17-25(35)30-20-8-12-22(39-3)13-9-20/h4-15H,16-17H2,1-3H3,(H,29,36)(H,30,35). The molecule has 0 bridgehead atoms. The largest absolute Gasteiger partial charge is 0.497 e. The van der Waals surface area contributed by atoms with Crippen molar-refractivity contribution in [3.05, 3.63) is 90.0 Å². The zero-order chi connectivity index (χ0) is 29.6. The Morgan fingerprint density at radius 2 is 1.63 bits per heavy atom. The highest BCUT2D eigenvalue weighted by atomic mass is 32.2. The second-order valence-corrected chi connectivity index (χ2v) is 11.9. The van der Waals surface area contributed by atoms with E-state index in [1.807, 2.05) is 0 Å². The van der Waals surface area contributed by atoms with Gasteiger partial charge < -0.3 is 15.4 Å². The zero-order valence-electron chi connectivity index (χ0n) is 22.4. The first-order valence-corrected chi connectivity index (χ1v) is 14.6. The van der Waals surface area contributed by atoms with E-state index >= 15 is 0 Å². The molecule has 1 aromatic heterocycles. The lowest BCUT2D eigenvalue weighted by Crippen LogP contribution is -2.25. The maximum Gasteiger partial charge on any atom is 0.251 e. The summed E-state index contributed by atoms with van der Waals surface area (Å²) < 4.78 is 46.0. The second-order valence-electron chi connectivity index (χ2n) is 8.77. The van der Waals surface area contributed by atoms with Crippen LogP contribution >= 0.6 is 11.8 Å². The fourth-order valence-corrected chi connectivity index (χ4v) is 5.28. The van der Waals surface area contributed by atoms with Crippen LogP contribution in [0, 0.1) is 5.82 Å². The summed E-state index contributed by atoms with van der Waals surface area (Å²) in [7, 11) is 0.776. The van der Waals surface area contributed by atoms with Gasteiger partial charge in [-0.2, -0.15) is 0 Å². The van der Waals surface area contributed by atoms with Gasteiger partial charge in [0, 0.05) is 31.0 Å². The Morgan fingerprint density at radius 1 is 0.976 bits per heavy atom. The number of halogens is 1. The second kappa shape index (κ2) is 12.9. The van der Waals surface area contributed by atoms with E-state index in [0.29, 0.717) is 28.1 Å². The van der Waals surface area contributed by atoms with E-state index in [4.69, 9.17) is 4.74 Å². The maximum absolute atomic E-state index is 13.6. The molecule has 11 nitrogen and oxygen atoms in total. The Bertz CT molecular complexity index is 1620. The third kappa shape index (κ3) is 7.28. The highest BCUT2D eigenvalue weighted by Crippen LogP contribution is 2.23. The Balaban J connectivity index is 1.47. The smallest absolute Gasteiger partial charge is 0.251 e. The third-order valence-electron chi connectivity index (χ3n) is 5.79. The summed E-state index contributed by atoms with van der Waals surface area (Å²) in [4.78, 5) is 25.4. The maximum atomic E-state index is 13.6. The lowest BCUT2D eigenvalue weighted by molar-refractivity contribution is -0.113. The van der Waals surface area contributed by atoms with Crippen molar-refractivity contribution in [2.75, 3.05) is 32.3 Å². The SMILES string of the molecule is COc1ccc(NC(=O)CSc2nnc(CNC(=O)c3ccc(S(=O)(=O)N(C)C)cc3)n2-c2ccc(F)cc2)cc1. The van der Waals surface area contributed by atoms with Gasteiger partial charge in [0.2, 0.25) is 15.9 Å². The number of thioether (sulfide) groups is 1. The van der Waals surface area contributed by atoms with Gasteiger partial charge in [0.15, 0.2) is 11.0 Å². The molecule has 0 radical (unpaired) electrons. The number of sulfonamides is 1. The highest BCUT2D eigenvalue weighted by molar-refractivity contribution is 7.99. The number of benzene rings is 3. The molecular weight excluding hydrogens is 571 g/mol. The van der Waals surface area contributed by atoms with Gasteiger partial charge in [-0.1, -0.05) is 11.8 Å². The molecule has 2 N–H and O–H groups in total. The summed E-state index contributed by atoms with van der Waals surface area (Å²) >= 11 is 1.12. The van der Waals surface area contributed by atoms with E-state index in [9.17, 15) is 22.4 Å². The van der Waals surface area contributed by atoms with E-state index in [1.54, 1.807) is 35.9 Å². The number of carbonyl (C=O) groups is 2. The van der Waals surface area contributed by atoms with Crippen molar-refractivity contribution < 1.29 is 27.1 Å². The number of nitrogens with zero attached hydrogens (tertiary/aromatic N) is 4. The molecule has 0 aliphatic heterocycles. The van der Waals surface area contributed by atoms with Crippen LogP contribution in [-0.4, -0.2) is 66.3 Å². The molecule has 0 spiro atoms. The molecule has 1 heterocycles. The fraction of sp³-hybridized carbons (Fsp3) is 0.185. The number of methoxy groups -OCH3 is 1. The number of nitrogens with one attached hydrogen (secondary N) is 2. The number of rotatable bonds is 11. The number of amides is 2. The van der Waals surface area contributed by atoms with E-state index in [0.717, 1.165) is 16.1 Å². The first kappa shape index (κ1) is 29.7. The van der Waals surface area contributed by atoms with Crippen molar-refractivity contribution in [3.63, 3.8) is 0 Å². The molecule has 0 atom stereocenters. The van der Waals surface area contributed by atoms with Crippen LogP contribution < -0.4 is 15.4 Å². The molecule has 214 valence electrons. The molecule has 4 rings (SSSR count). The van der Waals surface area contributed by atoms with Crippen LogP contribution in [0.5, 0.6) is 5.75 Å². The first-order valence-electron chi connectivity index (χ1n) is 12.2. The lowest BCUT2D eigenvalue weighted by Gasteiger charge is -2.12. The molecule has 0 unspecified atom stereocenters. The van der Waals surface area contributed by atoms with Crippen LogP contribution in [0.1, 0.15) is 16.2 Å². The molecular formula is C27H27FN6O5S2. The van der Waals surface area contributed by atoms with Crippen LogP contribution in [0.2, 0.25) is 0 Å². The van der Waals surface area contributed by atoms with Gasteiger partial charge in [0.25, 0.3) is 5.91 Å². The topological polar surface area (TPSA) is 136 Å². The molecule has 0 saturated heterocycles. The minimum Gasteiger partial charge on any atom is -0.497 e. The summed E-state index contributed by atoms with van der Waals surface area (Å²) in [5.74, 6) is -0.137. The van der Waals surface area contributed by atoms with Crippen LogP contribution in [0.15, 0.2) is 82.8 Å². The Kier molecular flexibility index (Phi) is 9.37. The average Bonchev–Trinajstić information content (AvgIpc) is 3.38. The van der Waals surface area contributed by atoms with Crippen LogP contribution in [0.4, 0.5) is 10.1 Å². The van der Waals surface area contributed by atoms with Crippen LogP contribution in [0.3, 0.4) is 0 Å². The van der Waals surface area contributed by atoms with Gasteiger partial charge in [-0.25, -0.2) is 17.1 Å². The van der Waals surface area contributed by atoms with Crippen molar-refractivity contribution in [1.82, 2.24) is 24.4 Å². The first-order chi connectivity index (χ1) is 19.6. The Labute approximate surface area is 240 Å². The molecule has 2 amide bonds. The minimum absolute atomic E-state index is 0.0138. The fourth-order valence-electron chi connectivity index (χ4n) is 3.61. The lowest BCUT2D eigenvalue weighted by atomic mass is 10.2. The Morgan fingerprint density at radius 3 is 2.24 bits per heavy atom. The monoisotopic (exact) mass is 598 g/mol. The van der Waals surface area contributed by atoms with E-state index in [2.05, 4.69) is 20.8 Å². The van der Waals surface area contributed by atoms with Crippen molar-refractivity contribution >= 4 is 39.3 Å². The molecule has 3 aromatic carbocycles. The normalized spacial score (nSPS) is 11.3. The highest BCUT2D eigenvalue weighted by Gasteiger charge is 2.19. The molecule has 0 aliphatic rings. The van der Waals surface area contributed by atoms with Gasteiger partial charge >= 0.3 is 0 Å². The summed E-state index contributed by atoms with van der Waals surface area (Å²) in [5, 5.41) is 14.3. The van der Waals surface area contributed by atoms with Gasteiger partial charge in [0.1, 0.15) is 11.6 Å². The Hall–Kier alpha value is -4.27. The number of aromatic nitrogens is 3. The number of hydrogen-bond donors (Lipinski definition) is 2. The average molecular weight is 599 g/mol. The number of anilines is 1. The predicted molar refractivity (Wildman–Crippen MR) is 152 cm³/mol. The van der Waals surface area contributed by atoms with E-state index < -0.39 is 21.7 Å². The number of carbonyl (C=O) groups excluding carboxylic acids is 2. The number of hydrogen-bond acceptors (Lipinski definition) is 8. The third-order valence-corrected chi connectivity index (χ3v) is 8.55. The summed E-state index contributed by atoms with van der Waals surface area (Å²) in [6, 6.07) is 18.1. The van der Waals surface area contributed by atoms with Gasteiger partial charge in [0.05, 0.1) is 24.3 Å². The predicted octanol–water partition coefficient (Wildman–Crippen LogP) is 3.33.